The van der Waals surface area contributed by atoms with E-state index in [1.165, 1.54) is 0 Å². The average molecular weight is 419 g/mol. The number of carbonyl (C=O) groups is 1. The first-order valence-corrected chi connectivity index (χ1v) is 9.18. The first kappa shape index (κ1) is 20.1. The molecular formula is C18H25BrF2N2O2. The molecule has 0 unspecified atom stereocenters. The van der Waals surface area contributed by atoms with Gasteiger partial charge in [-0.3, -0.25) is 4.90 Å². The van der Waals surface area contributed by atoms with Crippen molar-refractivity contribution in [3.8, 4) is 0 Å². The molecule has 0 radical (unpaired) electrons. The Kier molecular flexibility index (Phi) is 6.43. The molecule has 0 atom stereocenters. The predicted molar refractivity (Wildman–Crippen MR) is 96.4 cm³/mol. The third kappa shape index (κ3) is 5.38. The molecule has 1 fully saturated rings. The molecule has 2 rings (SSSR count). The molecule has 0 N–H and O–H groups in total. The van der Waals surface area contributed by atoms with E-state index in [9.17, 15) is 13.6 Å². The van der Waals surface area contributed by atoms with Gasteiger partial charge in [-0.1, -0.05) is 0 Å². The van der Waals surface area contributed by atoms with E-state index in [1.54, 1.807) is 11.9 Å². The summed E-state index contributed by atoms with van der Waals surface area (Å²) in [6.07, 6.45) is 1.21. The zero-order valence-corrected chi connectivity index (χ0v) is 16.7. The van der Waals surface area contributed by atoms with Crippen molar-refractivity contribution < 1.29 is 18.3 Å². The van der Waals surface area contributed by atoms with E-state index < -0.39 is 17.2 Å². The largest absolute Gasteiger partial charge is 0.444 e. The maximum absolute atomic E-state index is 14.0. The molecular weight excluding hydrogens is 394 g/mol. The molecule has 1 aliphatic heterocycles. The Labute approximate surface area is 156 Å². The Morgan fingerprint density at radius 2 is 1.84 bits per heavy atom. The van der Waals surface area contributed by atoms with E-state index in [4.69, 9.17) is 4.74 Å². The quantitative estimate of drug-likeness (QED) is 0.674. The number of hydrogen-bond donors (Lipinski definition) is 0. The lowest BCUT2D eigenvalue weighted by Crippen LogP contribution is -2.46. The van der Waals surface area contributed by atoms with Gasteiger partial charge < -0.3 is 9.64 Å². The molecule has 0 aromatic heterocycles. The van der Waals surface area contributed by atoms with Gasteiger partial charge in [0.2, 0.25) is 0 Å². The lowest BCUT2D eigenvalue weighted by molar-refractivity contribution is 0.0148. The highest BCUT2D eigenvalue weighted by molar-refractivity contribution is 9.10. The monoisotopic (exact) mass is 418 g/mol. The minimum atomic E-state index is -0.521. The first-order valence-electron chi connectivity index (χ1n) is 8.39. The van der Waals surface area contributed by atoms with Crippen LogP contribution in [-0.4, -0.2) is 47.7 Å². The van der Waals surface area contributed by atoms with Crippen LogP contribution in [0.25, 0.3) is 0 Å². The molecule has 25 heavy (non-hydrogen) atoms. The molecule has 0 saturated carbocycles. The van der Waals surface area contributed by atoms with Gasteiger partial charge in [0.15, 0.2) is 0 Å². The molecule has 0 aliphatic carbocycles. The van der Waals surface area contributed by atoms with Crippen molar-refractivity contribution in [2.24, 2.45) is 0 Å². The Morgan fingerprint density at radius 3 is 2.40 bits per heavy atom. The summed E-state index contributed by atoms with van der Waals surface area (Å²) >= 11 is 3.13. The highest BCUT2D eigenvalue weighted by Gasteiger charge is 2.29. The van der Waals surface area contributed by atoms with Gasteiger partial charge in [0.1, 0.15) is 17.2 Å². The summed E-state index contributed by atoms with van der Waals surface area (Å²) in [5.41, 5.74) is -0.188. The second kappa shape index (κ2) is 7.99. The Bertz CT molecular complexity index is 626. The highest BCUT2D eigenvalue weighted by atomic mass is 79.9. The molecule has 1 aromatic rings. The van der Waals surface area contributed by atoms with Gasteiger partial charge in [-0.2, -0.15) is 0 Å². The zero-order chi connectivity index (χ0) is 18.8. The van der Waals surface area contributed by atoms with Crippen molar-refractivity contribution in [1.82, 2.24) is 9.80 Å². The van der Waals surface area contributed by atoms with Crippen LogP contribution < -0.4 is 0 Å². The van der Waals surface area contributed by atoms with Crippen molar-refractivity contribution >= 4 is 22.0 Å². The number of amides is 1. The standard InChI is InChI=1S/C18H25BrF2N2O2/c1-18(2,3)25-17(24)22(4)12-7-9-23(10-8-12)11-13-14(20)5-6-15(21)16(13)19/h5-6,12H,7-11H2,1-4H3. The van der Waals surface area contributed by atoms with Crippen LogP contribution in [0.4, 0.5) is 13.6 Å². The molecule has 0 bridgehead atoms. The van der Waals surface area contributed by atoms with Crippen LogP contribution in [0.2, 0.25) is 0 Å². The predicted octanol–water partition coefficient (Wildman–Crippen LogP) is 4.56. The number of piperidine rings is 1. The number of nitrogens with zero attached hydrogens (tertiary/aromatic N) is 2. The Morgan fingerprint density at radius 1 is 1.28 bits per heavy atom. The lowest BCUT2D eigenvalue weighted by Gasteiger charge is -2.37. The maximum atomic E-state index is 14.0. The van der Waals surface area contributed by atoms with Crippen molar-refractivity contribution in [3.05, 3.63) is 33.8 Å². The van der Waals surface area contributed by atoms with E-state index in [0.29, 0.717) is 25.2 Å². The summed E-state index contributed by atoms with van der Waals surface area (Å²) in [6.45, 7) is 7.28. The van der Waals surface area contributed by atoms with Crippen molar-refractivity contribution in [2.75, 3.05) is 20.1 Å². The maximum Gasteiger partial charge on any atom is 0.410 e. The minimum Gasteiger partial charge on any atom is -0.444 e. The molecule has 0 spiro atoms. The molecule has 1 heterocycles. The van der Waals surface area contributed by atoms with Crippen LogP contribution >= 0.6 is 15.9 Å². The van der Waals surface area contributed by atoms with E-state index >= 15 is 0 Å². The van der Waals surface area contributed by atoms with Gasteiger partial charge >= 0.3 is 6.09 Å². The van der Waals surface area contributed by atoms with Gasteiger partial charge in [0.05, 0.1) is 4.47 Å². The van der Waals surface area contributed by atoms with Crippen LogP contribution in [0, 0.1) is 11.6 Å². The van der Waals surface area contributed by atoms with Crippen molar-refractivity contribution in [3.63, 3.8) is 0 Å². The van der Waals surface area contributed by atoms with E-state index in [2.05, 4.69) is 20.8 Å². The summed E-state index contributed by atoms with van der Waals surface area (Å²) in [6, 6.07) is 2.36. The lowest BCUT2D eigenvalue weighted by atomic mass is 10.0. The fourth-order valence-corrected chi connectivity index (χ4v) is 3.33. The number of benzene rings is 1. The molecule has 140 valence electrons. The summed E-state index contributed by atoms with van der Waals surface area (Å²) in [5.74, 6) is -0.878. The third-order valence-corrected chi connectivity index (χ3v) is 5.16. The molecule has 4 nitrogen and oxygen atoms in total. The molecule has 1 aromatic carbocycles. The smallest absolute Gasteiger partial charge is 0.410 e. The van der Waals surface area contributed by atoms with Gasteiger partial charge in [0.25, 0.3) is 0 Å². The van der Waals surface area contributed by atoms with E-state index in [0.717, 1.165) is 25.0 Å². The van der Waals surface area contributed by atoms with Gasteiger partial charge in [-0.25, -0.2) is 13.6 Å². The first-order chi connectivity index (χ1) is 11.6. The number of halogens is 3. The molecule has 1 amide bonds. The molecule has 1 aliphatic rings. The fraction of sp³-hybridized carbons (Fsp3) is 0.611. The zero-order valence-electron chi connectivity index (χ0n) is 15.1. The van der Waals surface area contributed by atoms with Crippen molar-refractivity contribution in [1.29, 1.82) is 0 Å². The molecule has 7 heteroatoms. The van der Waals surface area contributed by atoms with Crippen molar-refractivity contribution in [2.45, 2.75) is 51.8 Å². The minimum absolute atomic E-state index is 0.0897. The van der Waals surface area contributed by atoms with E-state index in [1.807, 2.05) is 20.8 Å². The summed E-state index contributed by atoms with van der Waals surface area (Å²) in [4.78, 5) is 15.9. The third-order valence-electron chi connectivity index (χ3n) is 4.31. The second-order valence-corrected chi connectivity index (χ2v) is 8.21. The number of carbonyl (C=O) groups excluding carboxylic acids is 1. The Hall–Kier alpha value is -1.21. The van der Waals surface area contributed by atoms with Gasteiger partial charge in [-0.05, 0) is 61.7 Å². The molecule has 1 saturated heterocycles. The van der Waals surface area contributed by atoms with Gasteiger partial charge in [0, 0.05) is 38.3 Å². The van der Waals surface area contributed by atoms with Gasteiger partial charge in [-0.15, -0.1) is 0 Å². The van der Waals surface area contributed by atoms with Crippen LogP contribution in [0.3, 0.4) is 0 Å². The second-order valence-electron chi connectivity index (χ2n) is 7.42. The number of hydrogen-bond acceptors (Lipinski definition) is 3. The SMILES string of the molecule is CN(C(=O)OC(C)(C)C)C1CCN(Cc2c(F)ccc(F)c2Br)CC1. The summed E-state index contributed by atoms with van der Waals surface area (Å²) in [7, 11) is 1.75. The average Bonchev–Trinajstić information content (AvgIpc) is 2.53. The highest BCUT2D eigenvalue weighted by Crippen LogP contribution is 2.26. The number of ether oxygens (including phenoxy) is 1. The van der Waals surface area contributed by atoms with Crippen LogP contribution in [0.5, 0.6) is 0 Å². The van der Waals surface area contributed by atoms with Crippen LogP contribution in [0.15, 0.2) is 16.6 Å². The summed E-state index contributed by atoms with van der Waals surface area (Å²) in [5, 5.41) is 0. The van der Waals surface area contributed by atoms with E-state index in [-0.39, 0.29) is 16.6 Å². The number of rotatable bonds is 3. The Balaban J connectivity index is 1.92. The topological polar surface area (TPSA) is 32.8 Å². The fourth-order valence-electron chi connectivity index (χ4n) is 2.89. The van der Waals surface area contributed by atoms with Crippen LogP contribution in [0.1, 0.15) is 39.2 Å². The normalized spacial score (nSPS) is 16.8. The number of likely N-dealkylation sites (tertiary alicyclic amines) is 1. The van der Waals surface area contributed by atoms with Crippen LogP contribution in [-0.2, 0) is 11.3 Å². The summed E-state index contributed by atoms with van der Waals surface area (Å²) < 4.78 is 33.2.